The molecule has 0 radical (unpaired) electrons. The third kappa shape index (κ3) is 7.67. The molecule has 1 fully saturated rings. The predicted molar refractivity (Wildman–Crippen MR) is 144 cm³/mol. The van der Waals surface area contributed by atoms with Gasteiger partial charge in [0.15, 0.2) is 17.5 Å². The number of rotatable bonds is 9. The Morgan fingerprint density at radius 3 is 2.21 bits per heavy atom. The summed E-state index contributed by atoms with van der Waals surface area (Å²) >= 11 is 0. The number of halogens is 1. The van der Waals surface area contributed by atoms with Crippen LogP contribution in [0.2, 0.25) is 0 Å². The quantitative estimate of drug-likeness (QED) is 0.268. The molecular weight excluding hydrogens is 531 g/mol. The van der Waals surface area contributed by atoms with Crippen molar-refractivity contribution in [2.24, 2.45) is 4.99 Å². The minimum Gasteiger partial charge on any atom is -0.497 e. The van der Waals surface area contributed by atoms with Crippen molar-refractivity contribution < 1.29 is 14.2 Å². The van der Waals surface area contributed by atoms with Gasteiger partial charge in [-0.25, -0.2) is 0 Å². The van der Waals surface area contributed by atoms with Crippen molar-refractivity contribution in [3.8, 4) is 17.2 Å². The van der Waals surface area contributed by atoms with Crippen LogP contribution < -0.4 is 24.8 Å². The molecule has 0 amide bonds. The van der Waals surface area contributed by atoms with Crippen molar-refractivity contribution >= 4 is 29.9 Å². The standard InChI is InChI=1S/C25H36N4O3.HI/c1-26-25(27-17-19-8-13-23(31-3)24(16-19)32-4)28-18-22(29-14-6-5-7-15-29)20-9-11-21(30-2)12-10-20;/h8-13,16,22H,5-7,14-15,17-18H2,1-4H3,(H2,26,27,28);1H. The van der Waals surface area contributed by atoms with Gasteiger partial charge in [0.1, 0.15) is 5.75 Å². The summed E-state index contributed by atoms with van der Waals surface area (Å²) in [5.41, 5.74) is 2.38. The molecule has 7 nitrogen and oxygen atoms in total. The maximum Gasteiger partial charge on any atom is 0.191 e. The van der Waals surface area contributed by atoms with E-state index >= 15 is 0 Å². The zero-order chi connectivity index (χ0) is 22.8. The Morgan fingerprint density at radius 2 is 1.61 bits per heavy atom. The summed E-state index contributed by atoms with van der Waals surface area (Å²) < 4.78 is 16.1. The maximum atomic E-state index is 5.41. The molecule has 33 heavy (non-hydrogen) atoms. The van der Waals surface area contributed by atoms with Gasteiger partial charge >= 0.3 is 0 Å². The molecule has 2 aromatic rings. The number of piperidine rings is 1. The summed E-state index contributed by atoms with van der Waals surface area (Å²) in [7, 11) is 6.79. The van der Waals surface area contributed by atoms with Crippen molar-refractivity contribution in [1.82, 2.24) is 15.5 Å². The first-order valence-corrected chi connectivity index (χ1v) is 11.2. The van der Waals surface area contributed by atoms with E-state index in [1.54, 1.807) is 28.4 Å². The third-order valence-corrected chi connectivity index (χ3v) is 5.93. The SMILES string of the molecule is CN=C(NCc1ccc(OC)c(OC)c1)NCC(c1ccc(OC)cc1)N1CCCCC1.I. The lowest BCUT2D eigenvalue weighted by Gasteiger charge is -2.35. The van der Waals surface area contributed by atoms with Gasteiger partial charge < -0.3 is 24.8 Å². The second kappa shape index (κ2) is 14.1. The molecule has 182 valence electrons. The molecule has 0 aromatic heterocycles. The third-order valence-electron chi connectivity index (χ3n) is 5.93. The minimum absolute atomic E-state index is 0. The second-order valence-electron chi connectivity index (χ2n) is 7.88. The largest absolute Gasteiger partial charge is 0.497 e. The van der Waals surface area contributed by atoms with Crippen LogP contribution in [0.3, 0.4) is 0 Å². The van der Waals surface area contributed by atoms with E-state index in [0.717, 1.165) is 48.4 Å². The molecule has 1 aliphatic heterocycles. The fourth-order valence-corrected chi connectivity index (χ4v) is 4.10. The van der Waals surface area contributed by atoms with E-state index in [2.05, 4.69) is 32.7 Å². The van der Waals surface area contributed by atoms with Crippen molar-refractivity contribution in [2.45, 2.75) is 31.8 Å². The Morgan fingerprint density at radius 1 is 0.909 bits per heavy atom. The van der Waals surface area contributed by atoms with Gasteiger partial charge in [-0.2, -0.15) is 0 Å². The van der Waals surface area contributed by atoms with Crippen molar-refractivity contribution in [2.75, 3.05) is 48.0 Å². The van der Waals surface area contributed by atoms with Crippen molar-refractivity contribution in [1.29, 1.82) is 0 Å². The van der Waals surface area contributed by atoms with Crippen LogP contribution in [0, 0.1) is 0 Å². The molecule has 1 atom stereocenters. The number of hydrogen-bond donors (Lipinski definition) is 2. The van der Waals surface area contributed by atoms with Crippen LogP contribution in [0.15, 0.2) is 47.5 Å². The zero-order valence-electron chi connectivity index (χ0n) is 20.1. The van der Waals surface area contributed by atoms with Crippen LogP contribution in [0.4, 0.5) is 0 Å². The number of ether oxygens (including phenoxy) is 3. The molecular formula is C25H37IN4O3. The van der Waals surface area contributed by atoms with Gasteiger partial charge in [0.05, 0.1) is 27.4 Å². The van der Waals surface area contributed by atoms with Gasteiger partial charge in [0, 0.05) is 20.1 Å². The number of hydrogen-bond acceptors (Lipinski definition) is 5. The first kappa shape index (κ1) is 27.0. The topological polar surface area (TPSA) is 67.4 Å². The monoisotopic (exact) mass is 568 g/mol. The van der Waals surface area contributed by atoms with Gasteiger partial charge in [0.2, 0.25) is 0 Å². The Labute approximate surface area is 214 Å². The van der Waals surface area contributed by atoms with Gasteiger partial charge in [-0.3, -0.25) is 9.89 Å². The molecule has 2 aromatic carbocycles. The molecule has 1 unspecified atom stereocenters. The van der Waals surface area contributed by atoms with E-state index in [9.17, 15) is 0 Å². The lowest BCUT2D eigenvalue weighted by atomic mass is 10.0. The predicted octanol–water partition coefficient (Wildman–Crippen LogP) is 4.22. The summed E-state index contributed by atoms with van der Waals surface area (Å²) in [6.07, 6.45) is 3.81. The Balaban J connectivity index is 0.00000385. The zero-order valence-corrected chi connectivity index (χ0v) is 22.4. The first-order chi connectivity index (χ1) is 15.7. The smallest absolute Gasteiger partial charge is 0.191 e. The molecule has 8 heteroatoms. The maximum absolute atomic E-state index is 5.41. The van der Waals surface area contributed by atoms with Gasteiger partial charge in [-0.15, -0.1) is 24.0 Å². The number of aliphatic imine (C=N–C) groups is 1. The molecule has 0 spiro atoms. The van der Waals surface area contributed by atoms with E-state index < -0.39 is 0 Å². The molecule has 2 N–H and O–H groups in total. The fraction of sp³-hybridized carbons (Fsp3) is 0.480. The number of guanidine groups is 1. The van der Waals surface area contributed by atoms with Gasteiger partial charge in [0.25, 0.3) is 0 Å². The number of methoxy groups -OCH3 is 3. The van der Waals surface area contributed by atoms with Crippen LogP contribution in [0.25, 0.3) is 0 Å². The highest BCUT2D eigenvalue weighted by Gasteiger charge is 2.22. The number of nitrogens with zero attached hydrogens (tertiary/aromatic N) is 2. The van der Waals surface area contributed by atoms with Crippen molar-refractivity contribution in [3.05, 3.63) is 53.6 Å². The highest BCUT2D eigenvalue weighted by atomic mass is 127. The normalized spacial score (nSPS) is 15.2. The van der Waals surface area contributed by atoms with E-state index in [-0.39, 0.29) is 30.0 Å². The summed E-state index contributed by atoms with van der Waals surface area (Å²) in [6, 6.07) is 14.6. The molecule has 1 heterocycles. The first-order valence-electron chi connectivity index (χ1n) is 11.2. The van der Waals surface area contributed by atoms with Gasteiger partial charge in [-0.05, 0) is 61.3 Å². The fourth-order valence-electron chi connectivity index (χ4n) is 4.10. The molecule has 0 aliphatic carbocycles. The summed E-state index contributed by atoms with van der Waals surface area (Å²) in [6.45, 7) is 3.65. The molecule has 0 bridgehead atoms. The molecule has 3 rings (SSSR count). The number of nitrogens with one attached hydrogen (secondary N) is 2. The van der Waals surface area contributed by atoms with Crippen LogP contribution in [-0.2, 0) is 6.54 Å². The Kier molecular flexibility index (Phi) is 11.6. The van der Waals surface area contributed by atoms with E-state index in [1.165, 1.54) is 24.8 Å². The Bertz CT molecular complexity index is 870. The average molecular weight is 569 g/mol. The summed E-state index contributed by atoms with van der Waals surface area (Å²) in [4.78, 5) is 6.99. The lowest BCUT2D eigenvalue weighted by molar-refractivity contribution is 0.164. The highest BCUT2D eigenvalue weighted by Crippen LogP contribution is 2.28. The van der Waals surface area contributed by atoms with E-state index in [1.807, 2.05) is 30.3 Å². The lowest BCUT2D eigenvalue weighted by Crippen LogP contribution is -2.44. The number of benzene rings is 2. The minimum atomic E-state index is 0. The van der Waals surface area contributed by atoms with E-state index in [4.69, 9.17) is 14.2 Å². The Hall–Kier alpha value is -2.20. The van der Waals surface area contributed by atoms with Gasteiger partial charge in [-0.1, -0.05) is 24.6 Å². The van der Waals surface area contributed by atoms with Crippen LogP contribution >= 0.6 is 24.0 Å². The summed E-state index contributed by atoms with van der Waals surface area (Å²) in [5.74, 6) is 3.10. The molecule has 0 saturated carbocycles. The van der Waals surface area contributed by atoms with Crippen LogP contribution in [0.5, 0.6) is 17.2 Å². The molecule has 1 aliphatic rings. The second-order valence-corrected chi connectivity index (χ2v) is 7.88. The van der Waals surface area contributed by atoms with Crippen molar-refractivity contribution in [3.63, 3.8) is 0 Å². The van der Waals surface area contributed by atoms with E-state index in [0.29, 0.717) is 6.54 Å². The summed E-state index contributed by atoms with van der Waals surface area (Å²) in [5, 5.41) is 6.93. The van der Waals surface area contributed by atoms with Crippen LogP contribution in [0.1, 0.15) is 36.4 Å². The molecule has 1 saturated heterocycles. The number of likely N-dealkylation sites (tertiary alicyclic amines) is 1. The highest BCUT2D eigenvalue weighted by molar-refractivity contribution is 14.0. The average Bonchev–Trinajstić information content (AvgIpc) is 2.86. The van der Waals surface area contributed by atoms with Crippen LogP contribution in [-0.4, -0.2) is 58.9 Å².